The summed E-state index contributed by atoms with van der Waals surface area (Å²) in [4.78, 5) is 29.5. The molecule has 0 bridgehead atoms. The summed E-state index contributed by atoms with van der Waals surface area (Å²) < 4.78 is 23.4. The number of carbonyl (C=O) groups excluding carboxylic acids is 2. The van der Waals surface area contributed by atoms with Gasteiger partial charge in [-0.1, -0.05) is 31.0 Å². The van der Waals surface area contributed by atoms with Gasteiger partial charge in [-0.05, 0) is 19.3 Å². The minimum Gasteiger partial charge on any atom is -0.300 e. The molecule has 2 fully saturated rings. The van der Waals surface area contributed by atoms with Crippen LogP contribution >= 0.6 is 11.8 Å². The third-order valence-corrected chi connectivity index (χ3v) is 8.59. The van der Waals surface area contributed by atoms with E-state index >= 15 is 0 Å². The number of hydrazone groups is 1. The van der Waals surface area contributed by atoms with Crippen LogP contribution in [0.4, 0.5) is 0 Å². The van der Waals surface area contributed by atoms with Gasteiger partial charge in [0, 0.05) is 18.1 Å². The summed E-state index contributed by atoms with van der Waals surface area (Å²) in [6.45, 7) is 0. The van der Waals surface area contributed by atoms with Gasteiger partial charge in [-0.25, -0.2) is 13.4 Å². The van der Waals surface area contributed by atoms with Gasteiger partial charge in [-0.2, -0.15) is 5.10 Å². The Kier molecular flexibility index (Phi) is 5.28. The predicted molar refractivity (Wildman–Crippen MR) is 104 cm³/mol. The van der Waals surface area contributed by atoms with Gasteiger partial charge in [0.15, 0.2) is 15.0 Å². The van der Waals surface area contributed by atoms with E-state index in [0.717, 1.165) is 12.8 Å². The average molecular weight is 413 g/mol. The molecule has 3 aliphatic heterocycles. The fraction of sp³-hybridized carbons (Fsp3) is 0.765. The van der Waals surface area contributed by atoms with Gasteiger partial charge < -0.3 is 5.32 Å². The van der Waals surface area contributed by atoms with Crippen LogP contribution in [0.15, 0.2) is 10.1 Å². The molecule has 1 N–H and O–H groups in total. The minimum atomic E-state index is -3.13. The largest absolute Gasteiger partial charge is 0.300 e. The first kappa shape index (κ1) is 18.9. The first-order chi connectivity index (χ1) is 12.9. The molecule has 0 spiro atoms. The van der Waals surface area contributed by atoms with Crippen molar-refractivity contribution in [3.05, 3.63) is 0 Å². The quantitative estimate of drug-likeness (QED) is 0.730. The molecule has 0 aromatic rings. The second-order valence-corrected chi connectivity index (χ2v) is 11.0. The molecule has 0 aromatic heterocycles. The van der Waals surface area contributed by atoms with Crippen molar-refractivity contribution in [2.24, 2.45) is 10.1 Å². The van der Waals surface area contributed by atoms with Crippen molar-refractivity contribution in [1.82, 2.24) is 10.3 Å². The maximum absolute atomic E-state index is 12.6. The van der Waals surface area contributed by atoms with E-state index in [0.29, 0.717) is 16.8 Å². The van der Waals surface area contributed by atoms with Gasteiger partial charge in [0.05, 0.1) is 23.6 Å². The predicted octanol–water partition coefficient (Wildman–Crippen LogP) is 1.07. The number of nitrogens with one attached hydrogen (secondary N) is 1. The number of amides is 2. The van der Waals surface area contributed by atoms with Crippen LogP contribution in [0.25, 0.3) is 0 Å². The maximum Gasteiger partial charge on any atom is 0.273 e. The second-order valence-electron chi connectivity index (χ2n) is 7.59. The van der Waals surface area contributed by atoms with E-state index in [-0.39, 0.29) is 47.9 Å². The summed E-state index contributed by atoms with van der Waals surface area (Å²) >= 11 is 1.63. The SMILES string of the molecule is O=C(NC1=N[C@@H]2CCCCC[C@@H]2S1)C1=NN([C@H]2CCS(=O)(=O)C2)C(=O)CC1. The molecule has 27 heavy (non-hydrogen) atoms. The van der Waals surface area contributed by atoms with E-state index in [1.54, 1.807) is 11.8 Å². The minimum absolute atomic E-state index is 0.0642. The molecule has 1 aliphatic carbocycles. The zero-order valence-electron chi connectivity index (χ0n) is 15.1. The van der Waals surface area contributed by atoms with Gasteiger partial charge in [0.25, 0.3) is 5.91 Å². The highest BCUT2D eigenvalue weighted by Gasteiger charge is 2.38. The molecular weight excluding hydrogens is 388 g/mol. The number of thioether (sulfide) groups is 1. The van der Waals surface area contributed by atoms with Crippen LogP contribution in [0.3, 0.4) is 0 Å². The van der Waals surface area contributed by atoms with Crippen LogP contribution in [-0.2, 0) is 19.4 Å². The van der Waals surface area contributed by atoms with Gasteiger partial charge in [0.1, 0.15) is 5.71 Å². The van der Waals surface area contributed by atoms with Crippen LogP contribution in [0.2, 0.25) is 0 Å². The Morgan fingerprint density at radius 3 is 2.74 bits per heavy atom. The highest BCUT2D eigenvalue weighted by atomic mass is 32.2. The molecule has 10 heteroatoms. The summed E-state index contributed by atoms with van der Waals surface area (Å²) in [5, 5.41) is 9.38. The van der Waals surface area contributed by atoms with Crippen LogP contribution in [-0.4, -0.2) is 65.0 Å². The molecule has 0 aromatic carbocycles. The highest BCUT2D eigenvalue weighted by Crippen LogP contribution is 2.35. The summed E-state index contributed by atoms with van der Waals surface area (Å²) in [5.74, 6) is -0.572. The van der Waals surface area contributed by atoms with Crippen molar-refractivity contribution < 1.29 is 18.0 Å². The number of aliphatic imine (C=N–C) groups is 1. The number of fused-ring (bicyclic) bond motifs is 1. The molecule has 3 heterocycles. The number of sulfone groups is 1. The Labute approximate surface area is 163 Å². The third-order valence-electron chi connectivity index (χ3n) is 5.56. The molecular formula is C17H24N4O4S2. The zero-order chi connectivity index (χ0) is 19.0. The second kappa shape index (κ2) is 7.54. The van der Waals surface area contributed by atoms with Crippen LogP contribution < -0.4 is 5.32 Å². The summed E-state index contributed by atoms with van der Waals surface area (Å²) in [7, 11) is -3.13. The number of hydrogen-bond acceptors (Lipinski definition) is 7. The van der Waals surface area contributed by atoms with Crippen molar-refractivity contribution in [1.29, 1.82) is 0 Å². The van der Waals surface area contributed by atoms with E-state index in [1.807, 2.05) is 0 Å². The first-order valence-electron chi connectivity index (χ1n) is 9.57. The molecule has 3 atom stereocenters. The van der Waals surface area contributed by atoms with Crippen LogP contribution in [0, 0.1) is 0 Å². The Hall–Kier alpha value is -1.42. The monoisotopic (exact) mass is 412 g/mol. The molecule has 1 saturated heterocycles. The Morgan fingerprint density at radius 1 is 1.15 bits per heavy atom. The standard InChI is InChI=1S/C17H24N4O4S2/c22-15-7-6-13(20-21(15)11-8-9-27(24,25)10-11)16(23)19-17-18-12-4-2-1-3-5-14(12)26-17/h11-12,14H,1-10H2,(H,18,19,23)/t11-,12+,14-/m0/s1. The molecule has 8 nitrogen and oxygen atoms in total. The Balaban J connectivity index is 1.43. The highest BCUT2D eigenvalue weighted by molar-refractivity contribution is 8.14. The third kappa shape index (κ3) is 4.21. The zero-order valence-corrected chi connectivity index (χ0v) is 16.7. The molecule has 4 rings (SSSR count). The van der Waals surface area contributed by atoms with E-state index < -0.39 is 15.9 Å². The van der Waals surface area contributed by atoms with E-state index in [2.05, 4.69) is 15.4 Å². The van der Waals surface area contributed by atoms with E-state index in [9.17, 15) is 18.0 Å². The van der Waals surface area contributed by atoms with Crippen molar-refractivity contribution >= 4 is 44.3 Å². The normalized spacial score (nSPS) is 33.1. The molecule has 0 unspecified atom stereocenters. The molecule has 148 valence electrons. The van der Waals surface area contributed by atoms with Gasteiger partial charge in [-0.3, -0.25) is 14.6 Å². The van der Waals surface area contributed by atoms with Crippen molar-refractivity contribution in [2.45, 2.75) is 68.7 Å². The lowest BCUT2D eigenvalue weighted by Crippen LogP contribution is -2.44. The molecule has 1 saturated carbocycles. The lowest BCUT2D eigenvalue weighted by Gasteiger charge is -2.27. The van der Waals surface area contributed by atoms with Crippen molar-refractivity contribution in [3.63, 3.8) is 0 Å². The average Bonchev–Trinajstić information content (AvgIpc) is 3.10. The number of rotatable bonds is 2. The van der Waals surface area contributed by atoms with Gasteiger partial charge >= 0.3 is 0 Å². The number of nitrogens with zero attached hydrogens (tertiary/aromatic N) is 3. The lowest BCUT2D eigenvalue weighted by molar-refractivity contribution is -0.133. The smallest absolute Gasteiger partial charge is 0.273 e. The lowest BCUT2D eigenvalue weighted by atomic mass is 10.1. The molecule has 0 radical (unpaired) electrons. The topological polar surface area (TPSA) is 108 Å². The first-order valence-corrected chi connectivity index (χ1v) is 12.3. The van der Waals surface area contributed by atoms with E-state index in [1.165, 1.54) is 24.3 Å². The fourth-order valence-corrected chi connectivity index (χ4v) is 7.05. The molecule has 2 amide bonds. The van der Waals surface area contributed by atoms with Crippen molar-refractivity contribution in [3.8, 4) is 0 Å². The summed E-state index contributed by atoms with van der Waals surface area (Å²) in [5.41, 5.74) is 0.272. The van der Waals surface area contributed by atoms with Gasteiger partial charge in [0.2, 0.25) is 5.91 Å². The Bertz CT molecular complexity index is 808. The number of carbonyl (C=O) groups is 2. The Morgan fingerprint density at radius 2 is 1.96 bits per heavy atom. The maximum atomic E-state index is 12.6. The van der Waals surface area contributed by atoms with Crippen LogP contribution in [0.5, 0.6) is 0 Å². The fourth-order valence-electron chi connectivity index (χ4n) is 4.08. The number of amidine groups is 1. The van der Waals surface area contributed by atoms with Gasteiger partial charge in [-0.15, -0.1) is 0 Å². The van der Waals surface area contributed by atoms with Crippen molar-refractivity contribution in [2.75, 3.05) is 11.5 Å². The summed E-state index contributed by atoms with van der Waals surface area (Å²) in [6, 6.07) is -0.182. The molecule has 4 aliphatic rings. The van der Waals surface area contributed by atoms with E-state index in [4.69, 9.17) is 0 Å². The summed E-state index contributed by atoms with van der Waals surface area (Å²) in [6.07, 6.45) is 6.65. The number of hydrogen-bond donors (Lipinski definition) is 1. The van der Waals surface area contributed by atoms with Crippen LogP contribution in [0.1, 0.15) is 51.4 Å².